The van der Waals surface area contributed by atoms with Gasteiger partial charge in [-0.05, 0) is 44.5 Å². The number of allylic oxidation sites excluding steroid dienone is 2. The molecule has 0 radical (unpaired) electrons. The van der Waals surface area contributed by atoms with Crippen LogP contribution in [-0.4, -0.2) is 6.21 Å². The Morgan fingerprint density at radius 2 is 2.13 bits per heavy atom. The average molecular weight is 201 g/mol. The Morgan fingerprint density at radius 1 is 1.33 bits per heavy atom. The first-order valence-electron chi connectivity index (χ1n) is 5.45. The Bertz CT molecular complexity index is 350. The molecule has 0 aliphatic carbocycles. The predicted octanol–water partition coefficient (Wildman–Crippen LogP) is 3.96. The molecule has 0 aliphatic rings. The highest BCUT2D eigenvalue weighted by Crippen LogP contribution is 2.17. The quantitative estimate of drug-likeness (QED) is 0.516. The van der Waals surface area contributed by atoms with Crippen LogP contribution in [0.15, 0.2) is 41.4 Å². The van der Waals surface area contributed by atoms with Gasteiger partial charge in [-0.2, -0.15) is 0 Å². The van der Waals surface area contributed by atoms with Gasteiger partial charge in [-0.1, -0.05) is 36.4 Å². The lowest BCUT2D eigenvalue weighted by atomic mass is 10.0. The fourth-order valence-electron chi connectivity index (χ4n) is 1.54. The van der Waals surface area contributed by atoms with Crippen LogP contribution < -0.4 is 0 Å². The standard InChI is InChI=1S/C14H19N/c1-4-6-8-13-9-7-10-14(11-13)12(3)15-5-2/h4-7,9-12H,8H2,1-3H3/b6-4-,15-5?. The van der Waals surface area contributed by atoms with Crippen LogP contribution in [-0.2, 0) is 6.42 Å². The zero-order valence-electron chi connectivity index (χ0n) is 9.77. The lowest BCUT2D eigenvalue weighted by Crippen LogP contribution is -1.91. The Kier molecular flexibility index (Phi) is 4.82. The van der Waals surface area contributed by atoms with Gasteiger partial charge in [0, 0.05) is 0 Å². The van der Waals surface area contributed by atoms with Crippen molar-refractivity contribution in [1.82, 2.24) is 0 Å². The minimum atomic E-state index is 0.264. The van der Waals surface area contributed by atoms with Crippen molar-refractivity contribution in [3.05, 3.63) is 47.5 Å². The van der Waals surface area contributed by atoms with Crippen molar-refractivity contribution in [2.24, 2.45) is 4.99 Å². The largest absolute Gasteiger partial charge is 0.290 e. The molecule has 0 saturated heterocycles. The van der Waals surface area contributed by atoms with Crippen LogP contribution in [0, 0.1) is 0 Å². The number of aliphatic imine (C=N–C) groups is 1. The van der Waals surface area contributed by atoms with E-state index in [9.17, 15) is 0 Å². The van der Waals surface area contributed by atoms with Gasteiger partial charge in [0.25, 0.3) is 0 Å². The monoisotopic (exact) mass is 201 g/mol. The number of hydrogen-bond acceptors (Lipinski definition) is 1. The average Bonchev–Trinajstić information content (AvgIpc) is 2.27. The van der Waals surface area contributed by atoms with Crippen LogP contribution in [0.3, 0.4) is 0 Å². The van der Waals surface area contributed by atoms with E-state index in [0.29, 0.717) is 0 Å². The topological polar surface area (TPSA) is 12.4 Å². The van der Waals surface area contributed by atoms with Crippen LogP contribution in [0.4, 0.5) is 0 Å². The van der Waals surface area contributed by atoms with Crippen LogP contribution in [0.2, 0.25) is 0 Å². The summed E-state index contributed by atoms with van der Waals surface area (Å²) in [6.45, 7) is 6.13. The molecule has 0 aromatic heterocycles. The summed E-state index contributed by atoms with van der Waals surface area (Å²) >= 11 is 0. The molecule has 1 rings (SSSR count). The molecular weight excluding hydrogens is 182 g/mol. The van der Waals surface area contributed by atoms with Crippen LogP contribution in [0.25, 0.3) is 0 Å². The van der Waals surface area contributed by atoms with E-state index in [1.165, 1.54) is 11.1 Å². The molecule has 1 aromatic rings. The molecule has 0 saturated carbocycles. The van der Waals surface area contributed by atoms with Crippen molar-refractivity contribution in [1.29, 1.82) is 0 Å². The molecule has 1 atom stereocenters. The number of rotatable bonds is 4. The van der Waals surface area contributed by atoms with Crippen molar-refractivity contribution in [2.75, 3.05) is 0 Å². The fourth-order valence-corrected chi connectivity index (χ4v) is 1.54. The molecule has 1 heteroatoms. The second-order valence-corrected chi connectivity index (χ2v) is 3.60. The maximum absolute atomic E-state index is 4.37. The molecule has 0 bridgehead atoms. The van der Waals surface area contributed by atoms with E-state index in [1.807, 2.05) is 20.1 Å². The molecule has 0 spiro atoms. The summed E-state index contributed by atoms with van der Waals surface area (Å²) in [5, 5.41) is 0. The van der Waals surface area contributed by atoms with Gasteiger partial charge in [0.15, 0.2) is 0 Å². The van der Waals surface area contributed by atoms with Crippen LogP contribution in [0.1, 0.15) is 37.9 Å². The second kappa shape index (κ2) is 6.18. The maximum Gasteiger partial charge on any atom is 0.0716 e. The zero-order valence-corrected chi connectivity index (χ0v) is 9.77. The van der Waals surface area contributed by atoms with E-state index < -0.39 is 0 Å². The van der Waals surface area contributed by atoms with E-state index in [1.54, 1.807) is 0 Å². The molecule has 0 heterocycles. The highest BCUT2D eigenvalue weighted by molar-refractivity contribution is 5.54. The highest BCUT2D eigenvalue weighted by atomic mass is 14.7. The molecule has 0 fully saturated rings. The SMILES string of the molecule is CC=NC(C)c1cccc(C/C=C\C)c1. The van der Waals surface area contributed by atoms with Gasteiger partial charge in [-0.3, -0.25) is 4.99 Å². The first-order valence-corrected chi connectivity index (χ1v) is 5.45. The van der Waals surface area contributed by atoms with Crippen molar-refractivity contribution in [2.45, 2.75) is 33.2 Å². The summed E-state index contributed by atoms with van der Waals surface area (Å²) in [5.41, 5.74) is 2.64. The van der Waals surface area contributed by atoms with Crippen molar-refractivity contribution in [3.63, 3.8) is 0 Å². The third kappa shape index (κ3) is 3.70. The van der Waals surface area contributed by atoms with E-state index >= 15 is 0 Å². The van der Waals surface area contributed by atoms with Gasteiger partial charge in [0.2, 0.25) is 0 Å². The normalized spacial score (nSPS) is 13.8. The highest BCUT2D eigenvalue weighted by Gasteiger charge is 2.01. The molecule has 0 N–H and O–H groups in total. The van der Waals surface area contributed by atoms with Gasteiger partial charge in [-0.25, -0.2) is 0 Å². The Labute approximate surface area is 92.6 Å². The Morgan fingerprint density at radius 3 is 2.80 bits per heavy atom. The zero-order chi connectivity index (χ0) is 11.1. The van der Waals surface area contributed by atoms with E-state index in [-0.39, 0.29) is 6.04 Å². The van der Waals surface area contributed by atoms with Crippen molar-refractivity contribution in [3.8, 4) is 0 Å². The lowest BCUT2D eigenvalue weighted by Gasteiger charge is -2.07. The predicted molar refractivity (Wildman–Crippen MR) is 67.5 cm³/mol. The van der Waals surface area contributed by atoms with E-state index in [4.69, 9.17) is 0 Å². The summed E-state index contributed by atoms with van der Waals surface area (Å²) < 4.78 is 0. The van der Waals surface area contributed by atoms with Crippen LogP contribution >= 0.6 is 0 Å². The molecule has 1 nitrogen and oxygen atoms in total. The summed E-state index contributed by atoms with van der Waals surface area (Å²) in [6, 6.07) is 8.90. The third-order valence-electron chi connectivity index (χ3n) is 2.40. The van der Waals surface area contributed by atoms with Gasteiger partial charge < -0.3 is 0 Å². The van der Waals surface area contributed by atoms with Crippen molar-refractivity contribution < 1.29 is 0 Å². The second-order valence-electron chi connectivity index (χ2n) is 3.60. The van der Waals surface area contributed by atoms with E-state index in [2.05, 4.69) is 48.3 Å². The molecule has 0 amide bonds. The molecule has 80 valence electrons. The number of nitrogens with zero attached hydrogens (tertiary/aromatic N) is 1. The Balaban J connectivity index is 2.82. The smallest absolute Gasteiger partial charge is 0.0716 e. The van der Waals surface area contributed by atoms with E-state index in [0.717, 1.165) is 6.42 Å². The first-order chi connectivity index (χ1) is 7.27. The summed E-state index contributed by atoms with van der Waals surface area (Å²) in [5.74, 6) is 0. The molecule has 1 unspecified atom stereocenters. The third-order valence-corrected chi connectivity index (χ3v) is 2.40. The molecular formula is C14H19N. The van der Waals surface area contributed by atoms with Crippen LogP contribution in [0.5, 0.6) is 0 Å². The number of benzene rings is 1. The molecule has 0 aliphatic heterocycles. The van der Waals surface area contributed by atoms with Crippen molar-refractivity contribution >= 4 is 6.21 Å². The first kappa shape index (κ1) is 11.7. The minimum Gasteiger partial charge on any atom is -0.290 e. The lowest BCUT2D eigenvalue weighted by molar-refractivity contribution is 0.822. The maximum atomic E-state index is 4.37. The fraction of sp³-hybridized carbons (Fsp3) is 0.357. The Hall–Kier alpha value is -1.37. The minimum absolute atomic E-state index is 0.264. The van der Waals surface area contributed by atoms with Gasteiger partial charge >= 0.3 is 0 Å². The van der Waals surface area contributed by atoms with Gasteiger partial charge in [0.05, 0.1) is 6.04 Å². The van der Waals surface area contributed by atoms with Gasteiger partial charge in [0.1, 0.15) is 0 Å². The van der Waals surface area contributed by atoms with Gasteiger partial charge in [-0.15, -0.1) is 0 Å². The summed E-state index contributed by atoms with van der Waals surface area (Å²) in [6.07, 6.45) is 7.13. The molecule has 1 aromatic carbocycles. The number of hydrogen-bond donors (Lipinski definition) is 0. The summed E-state index contributed by atoms with van der Waals surface area (Å²) in [4.78, 5) is 4.37. The summed E-state index contributed by atoms with van der Waals surface area (Å²) in [7, 11) is 0. The molecule has 15 heavy (non-hydrogen) atoms.